The predicted molar refractivity (Wildman–Crippen MR) is 124 cm³/mol. The number of carbonyl (C=O) groups is 2. The van der Waals surface area contributed by atoms with Gasteiger partial charge in [-0.25, -0.2) is 0 Å². The molecule has 9 heteroatoms. The highest BCUT2D eigenvalue weighted by atomic mass is 35.5. The summed E-state index contributed by atoms with van der Waals surface area (Å²) in [5.41, 5.74) is 1.04. The molecule has 0 fully saturated rings. The summed E-state index contributed by atoms with van der Waals surface area (Å²) in [4.78, 5) is 39.4. The Hall–Kier alpha value is -3.29. The number of halogens is 2. The Kier molecular flexibility index (Phi) is 6.72. The molecule has 3 aromatic rings. The van der Waals surface area contributed by atoms with Crippen molar-refractivity contribution in [3.63, 3.8) is 0 Å². The number of amides is 1. The summed E-state index contributed by atoms with van der Waals surface area (Å²) in [7, 11) is 0. The minimum atomic E-state index is -0.725. The van der Waals surface area contributed by atoms with Crippen LogP contribution in [0.15, 0.2) is 59.4 Å². The van der Waals surface area contributed by atoms with E-state index in [2.05, 4.69) is 0 Å². The second kappa shape index (κ2) is 9.68. The molecule has 2 heterocycles. The van der Waals surface area contributed by atoms with Gasteiger partial charge in [-0.2, -0.15) is 0 Å². The van der Waals surface area contributed by atoms with Crippen LogP contribution in [0.2, 0.25) is 10.0 Å². The second-order valence-electron chi connectivity index (χ2n) is 7.65. The average molecular weight is 487 g/mol. The third kappa shape index (κ3) is 5.05. The third-order valence-corrected chi connectivity index (χ3v) is 6.12. The fourth-order valence-corrected chi connectivity index (χ4v) is 4.04. The number of ether oxygens (including phenoxy) is 1. The maximum atomic E-state index is 13.1. The first-order chi connectivity index (χ1) is 15.8. The van der Waals surface area contributed by atoms with E-state index >= 15 is 0 Å². The highest BCUT2D eigenvalue weighted by Gasteiger charge is 2.30. The van der Waals surface area contributed by atoms with E-state index in [9.17, 15) is 19.5 Å². The van der Waals surface area contributed by atoms with Gasteiger partial charge in [0.25, 0.3) is 5.91 Å². The molecule has 1 aliphatic rings. The first-order valence-corrected chi connectivity index (χ1v) is 11.0. The quantitative estimate of drug-likeness (QED) is 0.535. The predicted octanol–water partition coefficient (Wildman–Crippen LogP) is 3.80. The number of aromatic hydroxyl groups is 1. The molecule has 4 rings (SSSR count). The molecule has 7 nitrogen and oxygen atoms in total. The topological polar surface area (TPSA) is 88.8 Å². The standard InChI is InChI=1S/C24H20Cl2N2O5/c25-18-7-6-16(10-19(18)26)13-27-8-9-28-17(11-20(29)23(31)22(28)24(27)32)12-21(30)33-14-15-4-2-1-3-5-15/h1-7,10-11,31H,8-9,12-14H2. The number of pyridine rings is 1. The van der Waals surface area contributed by atoms with Crippen LogP contribution in [0.3, 0.4) is 0 Å². The van der Waals surface area contributed by atoms with Crippen molar-refractivity contribution in [2.75, 3.05) is 6.54 Å². The SMILES string of the molecule is O=C(Cc1cc(=O)c(O)c2n1CCN(Cc1ccc(Cl)c(Cl)c1)C2=O)OCc1ccccc1. The molecule has 1 aliphatic heterocycles. The van der Waals surface area contributed by atoms with Crippen LogP contribution < -0.4 is 5.43 Å². The Morgan fingerprint density at radius 3 is 2.45 bits per heavy atom. The van der Waals surface area contributed by atoms with Crippen LogP contribution >= 0.6 is 23.2 Å². The molecule has 0 unspecified atom stereocenters. The van der Waals surface area contributed by atoms with Gasteiger partial charge in [0.05, 0.1) is 16.5 Å². The number of fused-ring (bicyclic) bond motifs is 1. The fourth-order valence-electron chi connectivity index (χ4n) is 3.72. The Labute approximate surface area is 199 Å². The van der Waals surface area contributed by atoms with E-state index in [1.807, 2.05) is 30.3 Å². The molecule has 0 atom stereocenters. The molecule has 0 radical (unpaired) electrons. The number of nitrogens with zero attached hydrogens (tertiary/aromatic N) is 2. The van der Waals surface area contributed by atoms with Crippen molar-refractivity contribution in [3.05, 3.63) is 97.4 Å². The number of esters is 1. The first kappa shape index (κ1) is 22.9. The maximum Gasteiger partial charge on any atom is 0.312 e. The molecule has 1 amide bonds. The lowest BCUT2D eigenvalue weighted by atomic mass is 10.1. The van der Waals surface area contributed by atoms with Gasteiger partial charge in [-0.05, 0) is 23.3 Å². The highest BCUT2D eigenvalue weighted by Crippen LogP contribution is 2.26. The van der Waals surface area contributed by atoms with Crippen LogP contribution in [0.5, 0.6) is 5.75 Å². The smallest absolute Gasteiger partial charge is 0.312 e. The number of hydrogen-bond acceptors (Lipinski definition) is 5. The molecule has 0 saturated heterocycles. The van der Waals surface area contributed by atoms with Gasteiger partial charge in [-0.1, -0.05) is 59.6 Å². The van der Waals surface area contributed by atoms with Crippen LogP contribution in [0.1, 0.15) is 27.3 Å². The van der Waals surface area contributed by atoms with Crippen LogP contribution in [0.25, 0.3) is 0 Å². The zero-order valence-corrected chi connectivity index (χ0v) is 19.0. The fraction of sp³-hybridized carbons (Fsp3) is 0.208. The number of hydrogen-bond donors (Lipinski definition) is 1. The molecule has 2 aromatic carbocycles. The van der Waals surface area contributed by atoms with Crippen LogP contribution in [-0.4, -0.2) is 33.0 Å². The monoisotopic (exact) mass is 486 g/mol. The van der Waals surface area contributed by atoms with Crippen molar-refractivity contribution in [2.24, 2.45) is 0 Å². The van der Waals surface area contributed by atoms with Gasteiger partial charge in [0.1, 0.15) is 6.61 Å². The van der Waals surface area contributed by atoms with E-state index in [0.29, 0.717) is 28.8 Å². The number of benzene rings is 2. The summed E-state index contributed by atoms with van der Waals surface area (Å²) in [6.45, 7) is 0.954. The Balaban J connectivity index is 1.54. The summed E-state index contributed by atoms with van der Waals surface area (Å²) >= 11 is 12.0. The Bertz CT molecular complexity index is 1270. The molecule has 0 saturated carbocycles. The van der Waals surface area contributed by atoms with E-state index < -0.39 is 23.1 Å². The van der Waals surface area contributed by atoms with Crippen LogP contribution in [0, 0.1) is 0 Å². The van der Waals surface area contributed by atoms with Crippen molar-refractivity contribution in [2.45, 2.75) is 26.1 Å². The minimum Gasteiger partial charge on any atom is -0.503 e. The lowest BCUT2D eigenvalue weighted by Gasteiger charge is -2.31. The van der Waals surface area contributed by atoms with E-state index in [0.717, 1.165) is 11.1 Å². The van der Waals surface area contributed by atoms with Crippen LogP contribution in [-0.2, 0) is 35.6 Å². The third-order valence-electron chi connectivity index (χ3n) is 5.38. The summed E-state index contributed by atoms with van der Waals surface area (Å²) in [5, 5.41) is 11.1. The molecule has 0 spiro atoms. The Morgan fingerprint density at radius 2 is 1.73 bits per heavy atom. The van der Waals surface area contributed by atoms with Crippen LogP contribution in [0.4, 0.5) is 0 Å². The van der Waals surface area contributed by atoms with Crippen molar-refractivity contribution >= 4 is 35.1 Å². The van der Waals surface area contributed by atoms with Crippen molar-refractivity contribution in [3.8, 4) is 5.75 Å². The lowest BCUT2D eigenvalue weighted by Crippen LogP contribution is -2.42. The Morgan fingerprint density at radius 1 is 0.970 bits per heavy atom. The molecular weight excluding hydrogens is 467 g/mol. The van der Waals surface area contributed by atoms with E-state index in [4.69, 9.17) is 27.9 Å². The molecule has 33 heavy (non-hydrogen) atoms. The van der Waals surface area contributed by atoms with Gasteiger partial charge in [0, 0.05) is 31.4 Å². The zero-order valence-electron chi connectivity index (χ0n) is 17.5. The summed E-state index contributed by atoms with van der Waals surface area (Å²) in [6, 6.07) is 15.4. The normalized spacial score (nSPS) is 13.0. The van der Waals surface area contributed by atoms with Gasteiger partial charge in [-0.15, -0.1) is 0 Å². The van der Waals surface area contributed by atoms with Crippen molar-refractivity contribution in [1.82, 2.24) is 9.47 Å². The van der Waals surface area contributed by atoms with Gasteiger partial charge >= 0.3 is 5.97 Å². The summed E-state index contributed by atoms with van der Waals surface area (Å²) in [5.74, 6) is -1.69. The molecule has 1 aromatic heterocycles. The lowest BCUT2D eigenvalue weighted by molar-refractivity contribution is -0.144. The zero-order chi connectivity index (χ0) is 23.5. The van der Waals surface area contributed by atoms with E-state index in [-0.39, 0.29) is 25.3 Å². The van der Waals surface area contributed by atoms with Crippen molar-refractivity contribution in [1.29, 1.82) is 0 Å². The summed E-state index contributed by atoms with van der Waals surface area (Å²) in [6.07, 6.45) is -0.199. The molecule has 170 valence electrons. The number of carbonyl (C=O) groups excluding carboxylic acids is 2. The average Bonchev–Trinajstić information content (AvgIpc) is 2.80. The number of aromatic nitrogens is 1. The first-order valence-electron chi connectivity index (χ1n) is 10.2. The van der Waals surface area contributed by atoms with Gasteiger partial charge < -0.3 is 19.3 Å². The summed E-state index contributed by atoms with van der Waals surface area (Å²) < 4.78 is 6.81. The van der Waals surface area contributed by atoms with Gasteiger partial charge in [-0.3, -0.25) is 14.4 Å². The van der Waals surface area contributed by atoms with Gasteiger partial charge in [0.2, 0.25) is 5.43 Å². The molecule has 0 bridgehead atoms. The number of rotatable bonds is 6. The highest BCUT2D eigenvalue weighted by molar-refractivity contribution is 6.42. The van der Waals surface area contributed by atoms with E-state index in [1.165, 1.54) is 15.5 Å². The molecule has 1 N–H and O–H groups in total. The second-order valence-corrected chi connectivity index (χ2v) is 8.46. The largest absolute Gasteiger partial charge is 0.503 e. The van der Waals surface area contributed by atoms with Gasteiger partial charge in [0.15, 0.2) is 11.4 Å². The molecule has 0 aliphatic carbocycles. The van der Waals surface area contributed by atoms with Crippen molar-refractivity contribution < 1.29 is 19.4 Å². The van der Waals surface area contributed by atoms with E-state index in [1.54, 1.807) is 18.2 Å². The maximum absolute atomic E-state index is 13.1. The minimum absolute atomic E-state index is 0.102. The molecular formula is C24H20Cl2N2O5.